The summed E-state index contributed by atoms with van der Waals surface area (Å²) in [6, 6.07) is 3.87. The summed E-state index contributed by atoms with van der Waals surface area (Å²) in [5.41, 5.74) is -0.0461. The predicted molar refractivity (Wildman–Crippen MR) is 62.5 cm³/mol. The van der Waals surface area contributed by atoms with Crippen LogP contribution in [0, 0.1) is 10.1 Å². The molecule has 1 N–H and O–H groups in total. The highest BCUT2D eigenvalue weighted by molar-refractivity contribution is 7.84. The van der Waals surface area contributed by atoms with Crippen LogP contribution in [0.4, 0.5) is 5.69 Å². The molecule has 1 unspecified atom stereocenters. The molecule has 0 radical (unpaired) electrons. The maximum absolute atomic E-state index is 11.4. The second-order valence-corrected chi connectivity index (χ2v) is 5.05. The molecule has 0 aliphatic rings. The Morgan fingerprint density at radius 2 is 2.18 bits per heavy atom. The van der Waals surface area contributed by atoms with Crippen molar-refractivity contribution in [2.24, 2.45) is 0 Å². The molecule has 1 aromatic rings. The van der Waals surface area contributed by atoms with E-state index in [1.807, 2.05) is 0 Å². The van der Waals surface area contributed by atoms with Crippen LogP contribution in [0.2, 0.25) is 5.02 Å². The van der Waals surface area contributed by atoms with Crippen molar-refractivity contribution in [3.8, 4) is 0 Å². The Kier molecular flexibility index (Phi) is 4.59. The molecule has 0 saturated heterocycles. The fraction of sp³-hybridized carbons (Fsp3) is 0.222. The molecule has 0 spiro atoms. The average Bonchev–Trinajstić information content (AvgIpc) is 2.15. The minimum absolute atomic E-state index is 0.169. The Bertz CT molecular complexity index is 490. The van der Waals surface area contributed by atoms with Gasteiger partial charge in [-0.2, -0.15) is 0 Å². The van der Waals surface area contributed by atoms with Crippen molar-refractivity contribution in [2.75, 3.05) is 5.75 Å². The van der Waals surface area contributed by atoms with E-state index in [9.17, 15) is 19.1 Å². The SMILES string of the molecule is O=C(O)CS(=O)Cc1cc(Cl)ccc1[N+](=O)[O-]. The van der Waals surface area contributed by atoms with Gasteiger partial charge < -0.3 is 5.11 Å². The van der Waals surface area contributed by atoms with E-state index >= 15 is 0 Å². The minimum Gasteiger partial charge on any atom is -0.481 e. The number of carboxylic acids is 1. The fourth-order valence-electron chi connectivity index (χ4n) is 1.21. The molecule has 1 rings (SSSR count). The maximum atomic E-state index is 11.4. The lowest BCUT2D eigenvalue weighted by Crippen LogP contribution is -2.11. The number of benzene rings is 1. The number of rotatable bonds is 5. The van der Waals surface area contributed by atoms with E-state index in [0.717, 1.165) is 0 Å². The summed E-state index contributed by atoms with van der Waals surface area (Å²) in [7, 11) is -1.70. The van der Waals surface area contributed by atoms with Crippen LogP contribution in [0.25, 0.3) is 0 Å². The normalized spacial score (nSPS) is 12.1. The van der Waals surface area contributed by atoms with E-state index in [2.05, 4.69) is 0 Å². The number of carbonyl (C=O) groups is 1. The molecule has 0 saturated carbocycles. The van der Waals surface area contributed by atoms with Crippen molar-refractivity contribution in [1.82, 2.24) is 0 Å². The third kappa shape index (κ3) is 4.12. The van der Waals surface area contributed by atoms with Crippen LogP contribution in [0.15, 0.2) is 18.2 Å². The van der Waals surface area contributed by atoms with Gasteiger partial charge in [-0.05, 0) is 12.1 Å². The summed E-state index contributed by atoms with van der Waals surface area (Å²) in [5.74, 6) is -1.97. The molecule has 0 bridgehead atoms. The van der Waals surface area contributed by atoms with Crippen LogP contribution in [0.1, 0.15) is 5.56 Å². The van der Waals surface area contributed by atoms with Gasteiger partial charge in [0.15, 0.2) is 0 Å². The molecule has 0 amide bonds. The minimum atomic E-state index is -1.70. The molecule has 1 aromatic carbocycles. The van der Waals surface area contributed by atoms with Gasteiger partial charge in [0.05, 0.1) is 10.7 Å². The molecule has 0 aliphatic heterocycles. The highest BCUT2D eigenvalue weighted by Crippen LogP contribution is 2.23. The molecule has 8 heteroatoms. The molecule has 0 aromatic heterocycles. The van der Waals surface area contributed by atoms with Crippen molar-refractivity contribution in [1.29, 1.82) is 0 Å². The van der Waals surface area contributed by atoms with Crippen LogP contribution in [0.5, 0.6) is 0 Å². The number of carboxylic acid groups (broad SMARTS) is 1. The Hall–Kier alpha value is -1.47. The monoisotopic (exact) mass is 277 g/mol. The quantitative estimate of drug-likeness (QED) is 0.651. The molecule has 0 fully saturated rings. The van der Waals surface area contributed by atoms with Gasteiger partial charge in [-0.3, -0.25) is 19.1 Å². The van der Waals surface area contributed by atoms with Gasteiger partial charge in [-0.25, -0.2) is 0 Å². The first-order chi connectivity index (χ1) is 7.90. The lowest BCUT2D eigenvalue weighted by Gasteiger charge is -2.02. The Morgan fingerprint density at radius 1 is 1.53 bits per heavy atom. The van der Waals surface area contributed by atoms with E-state index in [4.69, 9.17) is 16.7 Å². The predicted octanol–water partition coefficient (Wildman–Crippen LogP) is 1.58. The van der Waals surface area contributed by atoms with E-state index in [-0.39, 0.29) is 22.0 Å². The molecule has 17 heavy (non-hydrogen) atoms. The third-order valence-electron chi connectivity index (χ3n) is 1.84. The highest BCUT2D eigenvalue weighted by Gasteiger charge is 2.17. The lowest BCUT2D eigenvalue weighted by atomic mass is 10.2. The summed E-state index contributed by atoms with van der Waals surface area (Å²) < 4.78 is 11.4. The number of aliphatic carboxylic acids is 1. The van der Waals surface area contributed by atoms with Crippen molar-refractivity contribution in [2.45, 2.75) is 5.75 Å². The van der Waals surface area contributed by atoms with E-state index in [1.54, 1.807) is 0 Å². The molecule has 92 valence electrons. The van der Waals surface area contributed by atoms with Crippen LogP contribution in [-0.2, 0) is 21.3 Å². The molecule has 1 atom stereocenters. The van der Waals surface area contributed by atoms with Gasteiger partial charge >= 0.3 is 5.97 Å². The fourth-order valence-corrected chi connectivity index (χ4v) is 2.36. The Morgan fingerprint density at radius 3 is 2.71 bits per heavy atom. The molecule has 0 aliphatic carbocycles. The molecule has 0 heterocycles. The van der Waals surface area contributed by atoms with Crippen LogP contribution < -0.4 is 0 Å². The Balaban J connectivity index is 2.96. The van der Waals surface area contributed by atoms with Gasteiger partial charge in [0.1, 0.15) is 5.75 Å². The summed E-state index contributed by atoms with van der Waals surface area (Å²) in [5, 5.41) is 19.4. The molecule has 6 nitrogen and oxygen atoms in total. The van der Waals surface area contributed by atoms with Crippen molar-refractivity contribution < 1.29 is 19.0 Å². The maximum Gasteiger partial charge on any atom is 0.316 e. The number of halogens is 1. The first-order valence-corrected chi connectivity index (χ1v) is 6.26. The van der Waals surface area contributed by atoms with Crippen LogP contribution >= 0.6 is 11.6 Å². The second-order valence-electron chi connectivity index (χ2n) is 3.15. The Labute approximate surface area is 104 Å². The number of nitrogens with zero attached hydrogens (tertiary/aromatic N) is 1. The van der Waals surface area contributed by atoms with Gasteiger partial charge in [0, 0.05) is 27.5 Å². The number of nitro benzene ring substituents is 1. The third-order valence-corrected chi connectivity index (χ3v) is 3.28. The van der Waals surface area contributed by atoms with E-state index in [1.165, 1.54) is 18.2 Å². The summed E-state index contributed by atoms with van der Waals surface area (Å²) in [4.78, 5) is 20.4. The van der Waals surface area contributed by atoms with Crippen molar-refractivity contribution in [3.63, 3.8) is 0 Å². The number of hydrogen-bond acceptors (Lipinski definition) is 4. The van der Waals surface area contributed by atoms with Gasteiger partial charge in [0.25, 0.3) is 5.69 Å². The van der Waals surface area contributed by atoms with Gasteiger partial charge in [-0.1, -0.05) is 11.6 Å². The van der Waals surface area contributed by atoms with Crippen LogP contribution in [0.3, 0.4) is 0 Å². The zero-order chi connectivity index (χ0) is 13.0. The van der Waals surface area contributed by atoms with Gasteiger partial charge in [0.2, 0.25) is 0 Å². The standard InChI is InChI=1S/C9H8ClNO5S/c10-7-1-2-8(11(14)15)6(3-7)4-17(16)5-9(12)13/h1-3H,4-5H2,(H,12,13). The zero-order valence-electron chi connectivity index (χ0n) is 8.46. The zero-order valence-corrected chi connectivity index (χ0v) is 10.0. The smallest absolute Gasteiger partial charge is 0.316 e. The second kappa shape index (κ2) is 5.74. The topological polar surface area (TPSA) is 97.5 Å². The molecular weight excluding hydrogens is 270 g/mol. The molecular formula is C9H8ClNO5S. The van der Waals surface area contributed by atoms with E-state index < -0.39 is 27.4 Å². The first-order valence-electron chi connectivity index (χ1n) is 4.39. The van der Waals surface area contributed by atoms with E-state index in [0.29, 0.717) is 0 Å². The average molecular weight is 278 g/mol. The summed E-state index contributed by atoms with van der Waals surface area (Å²) >= 11 is 5.67. The number of hydrogen-bond donors (Lipinski definition) is 1. The lowest BCUT2D eigenvalue weighted by molar-refractivity contribution is -0.385. The van der Waals surface area contributed by atoms with Crippen molar-refractivity contribution in [3.05, 3.63) is 38.9 Å². The van der Waals surface area contributed by atoms with Crippen LogP contribution in [-0.4, -0.2) is 26.0 Å². The largest absolute Gasteiger partial charge is 0.481 e. The summed E-state index contributed by atoms with van der Waals surface area (Å²) in [6.07, 6.45) is 0. The highest BCUT2D eigenvalue weighted by atomic mass is 35.5. The van der Waals surface area contributed by atoms with Crippen molar-refractivity contribution >= 4 is 34.1 Å². The number of nitro groups is 1. The first kappa shape index (κ1) is 13.6. The van der Waals surface area contributed by atoms with Gasteiger partial charge in [-0.15, -0.1) is 0 Å². The summed E-state index contributed by atoms with van der Waals surface area (Å²) in [6.45, 7) is 0.